The number of amides is 1. The number of carboxylic acid groups (broad SMARTS) is 1. The summed E-state index contributed by atoms with van der Waals surface area (Å²) < 4.78 is 80.9. The van der Waals surface area contributed by atoms with Crippen LogP contribution in [0, 0.1) is 23.7 Å². The molecule has 1 aromatic carbocycles. The number of nitrogens with one attached hydrogen (secondary N) is 2. The van der Waals surface area contributed by atoms with Crippen LogP contribution in [-0.2, 0) is 20.9 Å². The van der Waals surface area contributed by atoms with Crippen LogP contribution >= 0.6 is 0 Å². The first-order chi connectivity index (χ1) is 25.1. The van der Waals surface area contributed by atoms with Crippen LogP contribution in [0.25, 0.3) is 0 Å². The van der Waals surface area contributed by atoms with Gasteiger partial charge in [-0.05, 0) is 118 Å². The summed E-state index contributed by atoms with van der Waals surface area (Å²) in [7, 11) is 0. The molecule has 1 spiro atoms. The minimum atomic E-state index is -4.26. The van der Waals surface area contributed by atoms with Gasteiger partial charge in [-0.3, -0.25) is 4.79 Å². The summed E-state index contributed by atoms with van der Waals surface area (Å²) in [4.78, 5) is 37.4. The summed E-state index contributed by atoms with van der Waals surface area (Å²) in [6.45, 7) is 1.05. The molecular weight excluding hydrogens is 701 g/mol. The number of carbonyl (C=O) groups is 2. The molecule has 6 fully saturated rings. The molecular formula is C38H46F5N5O5. The van der Waals surface area contributed by atoms with Crippen molar-refractivity contribution in [3.63, 3.8) is 0 Å². The van der Waals surface area contributed by atoms with Crippen molar-refractivity contribution in [1.29, 1.82) is 0 Å². The lowest BCUT2D eigenvalue weighted by atomic mass is 9.48. The second-order valence-electron chi connectivity index (χ2n) is 16.5. The molecule has 1 aromatic heterocycles. The van der Waals surface area contributed by atoms with E-state index in [1.54, 1.807) is 11.0 Å². The summed E-state index contributed by atoms with van der Waals surface area (Å²) in [5.74, 6) is -4.59. The minimum absolute atomic E-state index is 0.00334. The number of ether oxygens (including phenoxy) is 2. The molecule has 3 N–H and O–H groups in total. The van der Waals surface area contributed by atoms with E-state index in [9.17, 15) is 27.9 Å². The number of carbonyl (C=O) groups excluding carboxylic acids is 1. The van der Waals surface area contributed by atoms with Gasteiger partial charge in [0.2, 0.25) is 5.95 Å². The number of hydrogen-bond acceptors (Lipinski definition) is 8. The lowest BCUT2D eigenvalue weighted by Crippen LogP contribution is -2.70. The number of aliphatic carboxylic acids is 1. The van der Waals surface area contributed by atoms with E-state index in [1.165, 1.54) is 0 Å². The number of anilines is 2. The summed E-state index contributed by atoms with van der Waals surface area (Å²) in [6, 6.07) is 5.39. The van der Waals surface area contributed by atoms with Crippen molar-refractivity contribution in [2.45, 2.75) is 113 Å². The molecule has 5 saturated carbocycles. The van der Waals surface area contributed by atoms with Crippen molar-refractivity contribution >= 4 is 23.5 Å². The van der Waals surface area contributed by atoms with E-state index in [-0.39, 0.29) is 29.9 Å². The van der Waals surface area contributed by atoms with Crippen molar-refractivity contribution in [2.24, 2.45) is 23.7 Å². The number of alkyl halides is 5. The van der Waals surface area contributed by atoms with Crippen LogP contribution in [-0.4, -0.2) is 77.1 Å². The van der Waals surface area contributed by atoms with Gasteiger partial charge in [0.15, 0.2) is 0 Å². The van der Waals surface area contributed by atoms with Crippen molar-refractivity contribution in [1.82, 2.24) is 20.6 Å². The Hall–Kier alpha value is -3.59. The zero-order valence-corrected chi connectivity index (χ0v) is 29.7. The van der Waals surface area contributed by atoms with E-state index in [1.807, 2.05) is 12.1 Å². The highest BCUT2D eigenvalue weighted by molar-refractivity contribution is 5.99. The maximum atomic E-state index is 15.4. The number of carboxylic acids is 1. The highest BCUT2D eigenvalue weighted by Crippen LogP contribution is 2.58. The Morgan fingerprint density at radius 3 is 2.26 bits per heavy atom. The second kappa shape index (κ2) is 13.3. The van der Waals surface area contributed by atoms with Gasteiger partial charge >= 0.3 is 12.1 Å². The Morgan fingerprint density at radius 2 is 1.66 bits per heavy atom. The second-order valence-corrected chi connectivity index (χ2v) is 16.5. The third-order valence-corrected chi connectivity index (χ3v) is 13.1. The first-order valence-electron chi connectivity index (χ1n) is 18.9. The Labute approximate surface area is 304 Å². The van der Waals surface area contributed by atoms with Crippen LogP contribution < -0.4 is 20.3 Å². The third-order valence-electron chi connectivity index (χ3n) is 13.1. The molecule has 15 heteroatoms. The van der Waals surface area contributed by atoms with Crippen molar-refractivity contribution in [3.8, 4) is 5.75 Å². The number of nitrogens with zero attached hydrogens (tertiary/aromatic N) is 3. The molecule has 53 heavy (non-hydrogen) atoms. The molecule has 288 valence electrons. The number of fused-ring (bicyclic) bond motifs is 2. The van der Waals surface area contributed by atoms with Gasteiger partial charge in [-0.15, -0.1) is 0 Å². The van der Waals surface area contributed by atoms with Gasteiger partial charge < -0.3 is 30.1 Å². The molecule has 4 bridgehead atoms. The van der Waals surface area contributed by atoms with E-state index in [4.69, 9.17) is 9.47 Å². The Bertz CT molecular complexity index is 1710. The average molecular weight is 748 g/mol. The fourth-order valence-electron chi connectivity index (χ4n) is 10.7. The van der Waals surface area contributed by atoms with Gasteiger partial charge in [-0.25, -0.2) is 14.8 Å². The highest BCUT2D eigenvalue weighted by atomic mass is 19.4. The molecule has 2 aliphatic heterocycles. The van der Waals surface area contributed by atoms with Crippen LogP contribution in [0.3, 0.4) is 0 Å². The Balaban J connectivity index is 1.05. The van der Waals surface area contributed by atoms with Gasteiger partial charge in [0.25, 0.3) is 11.8 Å². The van der Waals surface area contributed by atoms with E-state index in [0.29, 0.717) is 108 Å². The number of halogens is 5. The zero-order valence-electron chi connectivity index (χ0n) is 29.7. The number of rotatable bonds is 9. The van der Waals surface area contributed by atoms with E-state index in [0.717, 1.165) is 23.9 Å². The SMILES string of the molecule is CC(F)(F)c1nc(N2CC3(CCOCC3)c3cc(OC4CCC(NCC(F)(F)F)CC4)ccc32)ncc1C(=O)NC1(C(=O)O)C2CC3CC(C2)CC1C3. The van der Waals surface area contributed by atoms with Crippen LogP contribution in [0.5, 0.6) is 5.75 Å². The van der Waals surface area contributed by atoms with Crippen LogP contribution in [0.4, 0.5) is 33.6 Å². The molecule has 0 atom stereocenters. The molecule has 10 nitrogen and oxygen atoms in total. The molecule has 1 amide bonds. The quantitative estimate of drug-likeness (QED) is 0.242. The maximum Gasteiger partial charge on any atom is 0.401 e. The van der Waals surface area contributed by atoms with Crippen molar-refractivity contribution < 1.29 is 46.1 Å². The first kappa shape index (κ1) is 36.4. The smallest absolute Gasteiger partial charge is 0.401 e. The van der Waals surface area contributed by atoms with Crippen molar-refractivity contribution in [2.75, 3.05) is 31.2 Å². The van der Waals surface area contributed by atoms with Gasteiger partial charge in [-0.1, -0.05) is 0 Å². The highest BCUT2D eigenvalue weighted by Gasteiger charge is 2.62. The molecule has 0 radical (unpaired) electrons. The zero-order chi connectivity index (χ0) is 37.3. The molecule has 2 aromatic rings. The molecule has 0 unspecified atom stereocenters. The Kier molecular flexibility index (Phi) is 9.14. The standard InChI is InChI=1S/C38H46F5N5O5/c1-35(39,40)31-28(32(49)47-38(33(50)51)23-13-21-12-22(15-23)16-24(38)14-21)18-44-34(46-31)48-20-36(8-10-52-11-9-36)29-17-27(6-7-30(29)48)53-26-4-2-25(3-5-26)45-19-37(41,42)43/h6-7,17-18,21-26,45H,2-5,8-16,19-20H2,1H3,(H,47,49)(H,50,51). The molecule has 3 heterocycles. The van der Waals surface area contributed by atoms with Gasteiger partial charge in [-0.2, -0.15) is 22.0 Å². The lowest BCUT2D eigenvalue weighted by molar-refractivity contribution is -0.163. The first-order valence-corrected chi connectivity index (χ1v) is 18.9. The summed E-state index contributed by atoms with van der Waals surface area (Å²) in [6.07, 6.45) is 4.22. The Morgan fingerprint density at radius 1 is 1.00 bits per heavy atom. The lowest BCUT2D eigenvalue weighted by Gasteiger charge is -2.59. The van der Waals surface area contributed by atoms with Crippen LogP contribution in [0.15, 0.2) is 24.4 Å². The predicted molar refractivity (Wildman–Crippen MR) is 182 cm³/mol. The van der Waals surface area contributed by atoms with E-state index >= 15 is 8.78 Å². The maximum absolute atomic E-state index is 15.4. The molecule has 5 aliphatic carbocycles. The van der Waals surface area contributed by atoms with Gasteiger partial charge in [0, 0.05) is 50.0 Å². The summed E-state index contributed by atoms with van der Waals surface area (Å²) in [5, 5.41) is 15.9. The fraction of sp³-hybridized carbons (Fsp3) is 0.684. The average Bonchev–Trinajstić information content (AvgIpc) is 3.40. The van der Waals surface area contributed by atoms with Gasteiger partial charge in [0.1, 0.15) is 17.0 Å². The molecule has 1 saturated heterocycles. The summed E-state index contributed by atoms with van der Waals surface area (Å²) in [5.41, 5.74) is -1.47. The van der Waals surface area contributed by atoms with Crippen molar-refractivity contribution in [3.05, 3.63) is 41.2 Å². The normalized spacial score (nSPS) is 31.8. The minimum Gasteiger partial charge on any atom is -0.490 e. The molecule has 9 rings (SSSR count). The van der Waals surface area contributed by atoms with E-state index in [2.05, 4.69) is 20.6 Å². The molecule has 7 aliphatic rings. The van der Waals surface area contributed by atoms with Gasteiger partial charge in [0.05, 0.1) is 18.2 Å². The summed E-state index contributed by atoms with van der Waals surface area (Å²) >= 11 is 0. The number of aromatic nitrogens is 2. The topological polar surface area (TPSA) is 126 Å². The monoisotopic (exact) mass is 747 g/mol. The van der Waals surface area contributed by atoms with Crippen LogP contribution in [0.2, 0.25) is 0 Å². The largest absolute Gasteiger partial charge is 0.490 e. The fourth-order valence-corrected chi connectivity index (χ4v) is 10.7. The van der Waals surface area contributed by atoms with E-state index < -0.39 is 52.7 Å². The van der Waals surface area contributed by atoms with Crippen LogP contribution in [0.1, 0.15) is 99.2 Å². The third kappa shape index (κ3) is 6.74. The number of benzene rings is 1. The predicted octanol–water partition coefficient (Wildman–Crippen LogP) is 6.64. The number of hydrogen-bond donors (Lipinski definition) is 3.